The van der Waals surface area contributed by atoms with Crippen LogP contribution in [0.5, 0.6) is 0 Å². The molecule has 0 unspecified atom stereocenters. The van der Waals surface area contributed by atoms with Gasteiger partial charge in [-0.15, -0.1) is 10.2 Å². The monoisotopic (exact) mass is 526 g/mol. The maximum absolute atomic E-state index is 9.44. The van der Waals surface area contributed by atoms with E-state index in [1.807, 2.05) is 82.2 Å². The van der Waals surface area contributed by atoms with Crippen LogP contribution in [0.2, 0.25) is 0 Å². The van der Waals surface area contributed by atoms with Gasteiger partial charge in [-0.2, -0.15) is 0 Å². The smallest absolute Gasteiger partial charge is 0.121 e. The predicted octanol–water partition coefficient (Wildman–Crippen LogP) is 4.93. The Hall–Kier alpha value is -4.92. The van der Waals surface area contributed by atoms with Gasteiger partial charge >= 0.3 is 0 Å². The summed E-state index contributed by atoms with van der Waals surface area (Å²) in [6.07, 6.45) is 0. The van der Waals surface area contributed by atoms with E-state index in [9.17, 15) is 10.2 Å². The average Bonchev–Trinajstić information content (AvgIpc) is 3.61. The van der Waals surface area contributed by atoms with Crippen molar-refractivity contribution in [1.82, 2.24) is 30.0 Å². The fourth-order valence-corrected chi connectivity index (χ4v) is 5.38. The van der Waals surface area contributed by atoms with E-state index >= 15 is 0 Å². The Labute approximate surface area is 230 Å². The summed E-state index contributed by atoms with van der Waals surface area (Å²) in [6.45, 7) is 1.10. The van der Waals surface area contributed by atoms with Crippen molar-refractivity contribution < 1.29 is 10.2 Å². The lowest BCUT2D eigenvalue weighted by Gasteiger charge is -2.19. The summed E-state index contributed by atoms with van der Waals surface area (Å²) >= 11 is 0. The van der Waals surface area contributed by atoms with Crippen molar-refractivity contribution in [3.8, 4) is 45.0 Å². The largest absolute Gasteiger partial charge is 0.392 e. The van der Waals surface area contributed by atoms with Gasteiger partial charge in [-0.25, -0.2) is 9.36 Å². The molecule has 196 valence electrons. The van der Waals surface area contributed by atoms with Gasteiger partial charge in [-0.05, 0) is 22.3 Å². The van der Waals surface area contributed by atoms with Crippen molar-refractivity contribution in [2.45, 2.75) is 26.3 Å². The molecule has 0 bridgehead atoms. The highest BCUT2D eigenvalue weighted by Crippen LogP contribution is 2.46. The van der Waals surface area contributed by atoms with Gasteiger partial charge in [0, 0.05) is 22.3 Å². The number of hydrogen-bond donors (Lipinski definition) is 2. The van der Waals surface area contributed by atoms with Crippen LogP contribution in [0.25, 0.3) is 45.0 Å². The van der Waals surface area contributed by atoms with Crippen LogP contribution in [0.1, 0.15) is 22.3 Å². The molecule has 0 aliphatic heterocycles. The predicted molar refractivity (Wildman–Crippen MR) is 152 cm³/mol. The van der Waals surface area contributed by atoms with E-state index in [2.05, 4.69) is 34.7 Å². The molecule has 4 aromatic carbocycles. The number of hydrogen-bond acceptors (Lipinski definition) is 6. The summed E-state index contributed by atoms with van der Waals surface area (Å²) in [4.78, 5) is 0. The van der Waals surface area contributed by atoms with Gasteiger partial charge in [0.2, 0.25) is 0 Å². The van der Waals surface area contributed by atoms with Crippen LogP contribution in [0.15, 0.2) is 97.1 Å². The molecule has 8 nitrogen and oxygen atoms in total. The minimum absolute atomic E-state index is 0.0140. The molecule has 1 aliphatic carbocycles. The molecule has 0 amide bonds. The molecular formula is C32H26N6O2. The Morgan fingerprint density at radius 3 is 1.18 bits per heavy atom. The van der Waals surface area contributed by atoms with E-state index in [1.54, 1.807) is 0 Å². The molecule has 40 heavy (non-hydrogen) atoms. The highest BCUT2D eigenvalue weighted by Gasteiger charge is 2.29. The van der Waals surface area contributed by atoms with Crippen LogP contribution in [-0.4, -0.2) is 40.2 Å². The fourth-order valence-electron chi connectivity index (χ4n) is 5.38. The van der Waals surface area contributed by atoms with Gasteiger partial charge in [0.15, 0.2) is 0 Å². The van der Waals surface area contributed by atoms with Crippen molar-refractivity contribution in [1.29, 1.82) is 0 Å². The van der Waals surface area contributed by atoms with Crippen LogP contribution in [0.3, 0.4) is 0 Å². The number of aliphatic hydroxyl groups excluding tert-OH is 2. The fraction of sp³-hybridized carbons (Fsp3) is 0.125. The molecule has 2 aromatic heterocycles. The third-order valence-corrected chi connectivity index (χ3v) is 7.42. The summed E-state index contributed by atoms with van der Waals surface area (Å²) in [5, 5.41) is 37.6. The lowest BCUT2D eigenvalue weighted by atomic mass is 9.89. The molecule has 0 atom stereocenters. The zero-order chi connectivity index (χ0) is 27.1. The van der Waals surface area contributed by atoms with E-state index < -0.39 is 0 Å². The molecule has 1 aliphatic rings. The zero-order valence-corrected chi connectivity index (χ0v) is 21.6. The molecule has 2 heterocycles. The summed E-state index contributed by atoms with van der Waals surface area (Å²) < 4.78 is 3.88. The van der Waals surface area contributed by atoms with Gasteiger partial charge in [0.05, 0.1) is 37.7 Å². The summed E-state index contributed by atoms with van der Waals surface area (Å²) in [7, 11) is 0. The molecule has 2 N–H and O–H groups in total. The molecule has 0 spiro atoms. The number of aliphatic hydroxyl groups is 2. The normalized spacial score (nSPS) is 11.7. The molecule has 7 rings (SSSR count). The quantitative estimate of drug-likeness (QED) is 0.319. The highest BCUT2D eigenvalue weighted by molar-refractivity contribution is 5.98. The van der Waals surface area contributed by atoms with E-state index in [1.165, 1.54) is 0 Å². The first kappa shape index (κ1) is 24.1. The Morgan fingerprint density at radius 1 is 0.450 bits per heavy atom. The van der Waals surface area contributed by atoms with Crippen molar-refractivity contribution in [3.63, 3.8) is 0 Å². The summed E-state index contributed by atoms with van der Waals surface area (Å²) in [5.41, 5.74) is 11.3. The third-order valence-electron chi connectivity index (χ3n) is 7.42. The zero-order valence-electron chi connectivity index (χ0n) is 21.6. The van der Waals surface area contributed by atoms with E-state index in [-0.39, 0.29) is 13.2 Å². The van der Waals surface area contributed by atoms with E-state index in [0.29, 0.717) is 13.1 Å². The second kappa shape index (κ2) is 10.00. The van der Waals surface area contributed by atoms with Crippen molar-refractivity contribution in [2.24, 2.45) is 0 Å². The average molecular weight is 527 g/mol. The van der Waals surface area contributed by atoms with Crippen LogP contribution < -0.4 is 0 Å². The minimum Gasteiger partial charge on any atom is -0.392 e. The third kappa shape index (κ3) is 4.10. The van der Waals surface area contributed by atoms with Crippen molar-refractivity contribution >= 4 is 0 Å². The topological polar surface area (TPSA) is 102 Å². The van der Waals surface area contributed by atoms with E-state index in [4.69, 9.17) is 10.2 Å². The molecule has 6 aromatic rings. The van der Waals surface area contributed by atoms with Crippen LogP contribution in [0, 0.1) is 0 Å². The molecule has 0 saturated heterocycles. The maximum Gasteiger partial charge on any atom is 0.121 e. The summed E-state index contributed by atoms with van der Waals surface area (Å²) in [6, 6.07) is 32.2. The van der Waals surface area contributed by atoms with Crippen LogP contribution in [0.4, 0.5) is 0 Å². The Bertz CT molecular complexity index is 1680. The minimum atomic E-state index is 0.0140. The molecule has 0 radical (unpaired) electrons. The van der Waals surface area contributed by atoms with E-state index in [0.717, 1.165) is 67.3 Å². The van der Waals surface area contributed by atoms with Crippen molar-refractivity contribution in [2.75, 3.05) is 0 Å². The molecule has 0 fully saturated rings. The molecular weight excluding hydrogens is 500 g/mol. The number of fused-ring (bicyclic) bond motifs is 8. The highest BCUT2D eigenvalue weighted by atomic mass is 16.3. The lowest BCUT2D eigenvalue weighted by molar-refractivity contribution is 0.281. The van der Waals surface area contributed by atoms with Gasteiger partial charge in [-0.3, -0.25) is 0 Å². The first-order valence-electron chi connectivity index (χ1n) is 13.2. The number of nitrogens with zero attached hydrogens (tertiary/aromatic N) is 6. The molecule has 8 heteroatoms. The first-order valence-corrected chi connectivity index (χ1v) is 13.2. The van der Waals surface area contributed by atoms with Crippen molar-refractivity contribution in [3.05, 3.63) is 119 Å². The maximum atomic E-state index is 9.44. The number of benzene rings is 4. The summed E-state index contributed by atoms with van der Waals surface area (Å²) in [5.74, 6) is 0. The first-order chi connectivity index (χ1) is 19.7. The SMILES string of the molecule is OCc1ccc(Cn2nnc3c2-c2ccccc2-c2nnn(Cc4ccc(CO)cc4)c2-c2ccccc2-3)cc1. The second-order valence-electron chi connectivity index (χ2n) is 9.93. The van der Waals surface area contributed by atoms with Crippen LogP contribution >= 0.6 is 0 Å². The second-order valence-corrected chi connectivity index (χ2v) is 9.93. The van der Waals surface area contributed by atoms with Gasteiger partial charge in [0.1, 0.15) is 11.4 Å². The van der Waals surface area contributed by atoms with Gasteiger partial charge < -0.3 is 10.2 Å². The number of aromatic nitrogens is 6. The Balaban J connectivity index is 1.40. The van der Waals surface area contributed by atoms with Gasteiger partial charge in [0.25, 0.3) is 0 Å². The molecule has 0 saturated carbocycles. The Kier molecular flexibility index (Phi) is 6.03. The lowest BCUT2D eigenvalue weighted by Crippen LogP contribution is -2.07. The Morgan fingerprint density at radius 2 is 0.800 bits per heavy atom. The number of rotatable bonds is 6. The van der Waals surface area contributed by atoms with Crippen LogP contribution in [-0.2, 0) is 26.3 Å². The standard InChI is InChI=1S/C32H26N6O2/c39-19-23-13-9-21(10-14-23)17-37-31-27-7-3-1-5-25(27)29-32(28-8-4-2-6-26(28)30(31)34-36-37)38(35-33-29)18-22-11-15-24(20-40)16-12-22/h1-16,39-40H,17-20H2. The van der Waals surface area contributed by atoms with Gasteiger partial charge in [-0.1, -0.05) is 107 Å².